The first-order valence-corrected chi connectivity index (χ1v) is 10.5. The minimum Gasteiger partial charge on any atom is -0.370 e. The van der Waals surface area contributed by atoms with E-state index < -0.39 is 17.8 Å². The number of primary amides is 1. The Morgan fingerprint density at radius 2 is 1.88 bits per heavy atom. The first-order valence-electron chi connectivity index (χ1n) is 9.70. The van der Waals surface area contributed by atoms with E-state index in [1.54, 1.807) is 28.0 Å². The Morgan fingerprint density at radius 3 is 2.53 bits per heavy atom. The van der Waals surface area contributed by atoms with E-state index in [0.29, 0.717) is 22.7 Å². The number of nitrogens with two attached hydrogens (primary N) is 1. The van der Waals surface area contributed by atoms with Crippen LogP contribution in [0.3, 0.4) is 0 Å². The Kier molecular flexibility index (Phi) is 7.76. The molecular weight excluding hydrogens is 460 g/mol. The largest absolute Gasteiger partial charge is 0.370 e. The maximum absolute atomic E-state index is 13.2. The average molecular weight is 480 g/mol. The molecule has 0 bridgehead atoms. The second-order valence-corrected chi connectivity index (χ2v) is 7.83. The topological polar surface area (TPSA) is 109 Å². The van der Waals surface area contributed by atoms with Crippen LogP contribution in [-0.2, 0) is 14.4 Å². The first-order chi connectivity index (χ1) is 15.3. The molecule has 2 heterocycles. The summed E-state index contributed by atoms with van der Waals surface area (Å²) in [6.07, 6.45) is 3.20. The van der Waals surface area contributed by atoms with Crippen LogP contribution in [-0.4, -0.2) is 57.1 Å². The van der Waals surface area contributed by atoms with Crippen LogP contribution in [0, 0.1) is 5.82 Å². The second-order valence-electron chi connectivity index (χ2n) is 7.14. The van der Waals surface area contributed by atoms with Crippen molar-refractivity contribution in [1.29, 1.82) is 0 Å². The Labute approximate surface area is 193 Å². The van der Waals surface area contributed by atoms with Gasteiger partial charge in [-0.2, -0.15) is 0 Å². The fourth-order valence-corrected chi connectivity index (χ4v) is 3.85. The molecule has 1 fully saturated rings. The Balaban J connectivity index is 1.97. The molecule has 0 aliphatic carbocycles. The maximum Gasteiger partial charge on any atom is 0.247 e. The van der Waals surface area contributed by atoms with Gasteiger partial charge in [-0.05, 0) is 23.8 Å². The molecule has 0 saturated carbocycles. The molecule has 0 radical (unpaired) electrons. The van der Waals surface area contributed by atoms with Crippen molar-refractivity contribution in [3.63, 3.8) is 0 Å². The fraction of sp³-hybridized carbons (Fsp3) is 0.286. The van der Waals surface area contributed by atoms with Gasteiger partial charge in [0, 0.05) is 54.7 Å². The molecule has 1 aliphatic rings. The normalized spacial score (nSPS) is 16.4. The summed E-state index contributed by atoms with van der Waals surface area (Å²) in [6.45, 7) is 0.735. The van der Waals surface area contributed by atoms with E-state index in [-0.39, 0.29) is 43.6 Å². The number of nitrogens with zero attached hydrogens (tertiary/aromatic N) is 4. The zero-order valence-electron chi connectivity index (χ0n) is 16.9. The van der Waals surface area contributed by atoms with Crippen LogP contribution in [0.4, 0.5) is 4.39 Å². The molecule has 1 aromatic heterocycles. The lowest BCUT2D eigenvalue weighted by atomic mass is 9.98. The smallest absolute Gasteiger partial charge is 0.247 e. The molecule has 8 nitrogen and oxygen atoms in total. The van der Waals surface area contributed by atoms with Crippen LogP contribution in [0.15, 0.2) is 42.2 Å². The van der Waals surface area contributed by atoms with E-state index in [4.69, 9.17) is 28.9 Å². The van der Waals surface area contributed by atoms with Gasteiger partial charge in [-0.1, -0.05) is 23.2 Å². The van der Waals surface area contributed by atoms with Crippen molar-refractivity contribution in [2.75, 3.05) is 19.6 Å². The van der Waals surface area contributed by atoms with Crippen LogP contribution in [0.5, 0.6) is 0 Å². The van der Waals surface area contributed by atoms with Gasteiger partial charge < -0.3 is 15.5 Å². The number of benzene rings is 1. The van der Waals surface area contributed by atoms with Gasteiger partial charge in [-0.15, -0.1) is 0 Å². The summed E-state index contributed by atoms with van der Waals surface area (Å²) in [5, 5.41) is 0.360. The molecule has 32 heavy (non-hydrogen) atoms. The van der Waals surface area contributed by atoms with Crippen molar-refractivity contribution in [3.05, 3.63) is 58.6 Å². The molecule has 2 N–H and O–H groups in total. The van der Waals surface area contributed by atoms with E-state index in [1.807, 2.05) is 0 Å². The summed E-state index contributed by atoms with van der Waals surface area (Å²) in [6, 6.07) is 4.50. The van der Waals surface area contributed by atoms with Crippen molar-refractivity contribution >= 4 is 40.9 Å². The highest BCUT2D eigenvalue weighted by molar-refractivity contribution is 6.31. The zero-order valence-corrected chi connectivity index (χ0v) is 18.4. The third-order valence-corrected chi connectivity index (χ3v) is 5.33. The highest BCUT2D eigenvalue weighted by Gasteiger charge is 2.33. The van der Waals surface area contributed by atoms with Gasteiger partial charge in [0.2, 0.25) is 17.7 Å². The monoisotopic (exact) mass is 479 g/mol. The minimum atomic E-state index is -0.575. The van der Waals surface area contributed by atoms with E-state index in [9.17, 15) is 18.8 Å². The quantitative estimate of drug-likeness (QED) is 0.640. The molecule has 1 saturated heterocycles. The standard InChI is InChI=1S/C21H20Cl2FN5O3/c22-4-3-19(31)28-5-6-29(20(32)2-1-18(25)30)17(12-28)13-7-14(9-15(23)8-13)21-26-10-16(24)11-27-21/h3-4,7-11,17H,1-2,5-6,12H2,(H2,25,30)/b4-3-/t17-/m0/s1. The first kappa shape index (κ1) is 23.6. The van der Waals surface area contributed by atoms with Gasteiger partial charge in [0.05, 0.1) is 18.4 Å². The molecule has 11 heteroatoms. The van der Waals surface area contributed by atoms with Gasteiger partial charge in [0.25, 0.3) is 0 Å². The van der Waals surface area contributed by atoms with Crippen LogP contribution in [0.25, 0.3) is 11.4 Å². The molecule has 3 amide bonds. The molecule has 0 spiro atoms. The molecule has 168 valence electrons. The average Bonchev–Trinajstić information content (AvgIpc) is 2.77. The number of piperazine rings is 1. The summed E-state index contributed by atoms with van der Waals surface area (Å²) in [4.78, 5) is 47.5. The van der Waals surface area contributed by atoms with Crippen LogP contribution < -0.4 is 5.73 Å². The molecule has 0 unspecified atom stereocenters. The number of hydrogen-bond acceptors (Lipinski definition) is 5. The summed E-state index contributed by atoms with van der Waals surface area (Å²) < 4.78 is 13.2. The number of aromatic nitrogens is 2. The Bertz CT molecular complexity index is 1050. The minimum absolute atomic E-state index is 0.0458. The van der Waals surface area contributed by atoms with Crippen LogP contribution >= 0.6 is 23.2 Å². The van der Waals surface area contributed by atoms with Crippen molar-refractivity contribution in [3.8, 4) is 11.4 Å². The SMILES string of the molecule is NC(=O)CCC(=O)N1CCN(C(=O)/C=C\Cl)C[C@H]1c1cc(Cl)cc(-c2ncc(F)cn2)c1. The molecule has 1 aliphatic heterocycles. The number of amides is 3. The number of carbonyl (C=O) groups is 3. The Morgan fingerprint density at radius 1 is 1.16 bits per heavy atom. The number of rotatable bonds is 6. The summed E-state index contributed by atoms with van der Waals surface area (Å²) in [5.74, 6) is -1.45. The van der Waals surface area contributed by atoms with Crippen molar-refractivity contribution in [1.82, 2.24) is 19.8 Å². The highest BCUT2D eigenvalue weighted by Crippen LogP contribution is 2.32. The summed E-state index contributed by atoms with van der Waals surface area (Å²) in [5.41, 5.74) is 7.48. The number of carbonyl (C=O) groups excluding carboxylic acids is 3. The van der Waals surface area contributed by atoms with Gasteiger partial charge in [0.1, 0.15) is 0 Å². The van der Waals surface area contributed by atoms with Gasteiger partial charge in [0.15, 0.2) is 11.6 Å². The van der Waals surface area contributed by atoms with Gasteiger partial charge >= 0.3 is 0 Å². The van der Waals surface area contributed by atoms with E-state index in [1.165, 1.54) is 6.08 Å². The molecule has 3 rings (SSSR count). The number of halogens is 3. The molecular formula is C21H20Cl2FN5O3. The predicted molar refractivity (Wildman–Crippen MR) is 117 cm³/mol. The summed E-state index contributed by atoms with van der Waals surface area (Å²) in [7, 11) is 0. The van der Waals surface area contributed by atoms with E-state index in [0.717, 1.165) is 17.9 Å². The summed E-state index contributed by atoms with van der Waals surface area (Å²) >= 11 is 11.9. The van der Waals surface area contributed by atoms with E-state index in [2.05, 4.69) is 9.97 Å². The third-order valence-electron chi connectivity index (χ3n) is 4.99. The van der Waals surface area contributed by atoms with Gasteiger partial charge in [-0.25, -0.2) is 14.4 Å². The van der Waals surface area contributed by atoms with Crippen LogP contribution in [0.1, 0.15) is 24.4 Å². The van der Waals surface area contributed by atoms with Crippen molar-refractivity contribution in [2.24, 2.45) is 5.73 Å². The van der Waals surface area contributed by atoms with E-state index >= 15 is 0 Å². The molecule has 2 aromatic rings. The molecule has 1 atom stereocenters. The lowest BCUT2D eigenvalue weighted by molar-refractivity contribution is -0.141. The Hall–Kier alpha value is -3.04. The van der Waals surface area contributed by atoms with Crippen molar-refractivity contribution < 1.29 is 18.8 Å². The van der Waals surface area contributed by atoms with Crippen molar-refractivity contribution in [2.45, 2.75) is 18.9 Å². The highest BCUT2D eigenvalue weighted by atomic mass is 35.5. The lowest BCUT2D eigenvalue weighted by Gasteiger charge is -2.41. The van der Waals surface area contributed by atoms with Gasteiger partial charge in [-0.3, -0.25) is 14.4 Å². The zero-order chi connectivity index (χ0) is 23.3. The number of hydrogen-bond donors (Lipinski definition) is 1. The molecule has 1 aromatic carbocycles. The maximum atomic E-state index is 13.2. The van der Waals surface area contributed by atoms with Crippen LogP contribution in [0.2, 0.25) is 5.02 Å². The lowest BCUT2D eigenvalue weighted by Crippen LogP contribution is -2.52. The fourth-order valence-electron chi connectivity index (χ4n) is 3.50. The third kappa shape index (κ3) is 5.80. The predicted octanol–water partition coefficient (Wildman–Crippen LogP) is 2.67. The second kappa shape index (κ2) is 10.5.